The van der Waals surface area contributed by atoms with E-state index >= 15 is 0 Å². The number of pyridine rings is 1. The van der Waals surface area contributed by atoms with E-state index in [1.54, 1.807) is 0 Å². The number of anilines is 1. The molecule has 5 rings (SSSR count). The van der Waals surface area contributed by atoms with Gasteiger partial charge in [-0.05, 0) is 50.5 Å². The van der Waals surface area contributed by atoms with E-state index in [4.69, 9.17) is 0 Å². The normalized spacial score (nSPS) is 25.0. The highest BCUT2D eigenvalue weighted by molar-refractivity contribution is 5.80. The molecule has 0 radical (unpaired) electrons. The van der Waals surface area contributed by atoms with Gasteiger partial charge in [0.15, 0.2) is 5.82 Å². The van der Waals surface area contributed by atoms with Gasteiger partial charge in [0, 0.05) is 37.9 Å². The minimum atomic E-state index is -0.136. The van der Waals surface area contributed by atoms with Gasteiger partial charge in [0.05, 0.1) is 16.9 Å². The van der Waals surface area contributed by atoms with E-state index in [0.717, 1.165) is 44.7 Å². The molecule has 2 aromatic heterocycles. The fourth-order valence-electron chi connectivity index (χ4n) is 5.41. The molecule has 5 nitrogen and oxygen atoms in total. The average Bonchev–Trinajstić information content (AvgIpc) is 3.42. The number of aromatic nitrogens is 2. The number of carbonyl (C=O) groups is 1. The Hall–Kier alpha value is -2.30. The summed E-state index contributed by atoms with van der Waals surface area (Å²) in [6.07, 6.45) is 9.51. The molecule has 0 N–H and O–H groups in total. The van der Waals surface area contributed by atoms with Crippen LogP contribution >= 0.6 is 0 Å². The van der Waals surface area contributed by atoms with Gasteiger partial charge in [-0.25, -0.2) is 4.98 Å². The maximum absolute atomic E-state index is 13.1. The Kier molecular flexibility index (Phi) is 3.59. The lowest BCUT2D eigenvalue weighted by atomic mass is 9.89. The maximum atomic E-state index is 13.1. The zero-order valence-electron chi connectivity index (χ0n) is 15.4. The summed E-state index contributed by atoms with van der Waals surface area (Å²) in [5, 5.41) is 0. The Morgan fingerprint density at radius 3 is 2.92 bits per heavy atom. The Morgan fingerprint density at radius 2 is 2.12 bits per heavy atom. The van der Waals surface area contributed by atoms with Gasteiger partial charge in [0.2, 0.25) is 5.91 Å². The van der Waals surface area contributed by atoms with Crippen LogP contribution in [0.15, 0.2) is 36.7 Å². The van der Waals surface area contributed by atoms with Crippen molar-refractivity contribution in [1.82, 2.24) is 14.5 Å². The van der Waals surface area contributed by atoms with Crippen molar-refractivity contribution in [3.63, 3.8) is 0 Å². The maximum Gasteiger partial charge on any atom is 0.225 e. The highest BCUT2D eigenvalue weighted by Gasteiger charge is 2.50. The Balaban J connectivity index is 1.55. The Labute approximate surface area is 154 Å². The largest absolute Gasteiger partial charge is 0.356 e. The fourth-order valence-corrected chi connectivity index (χ4v) is 5.41. The van der Waals surface area contributed by atoms with Crippen molar-refractivity contribution in [1.29, 1.82) is 0 Å². The second-order valence-electron chi connectivity index (χ2n) is 7.88. The van der Waals surface area contributed by atoms with Crippen LogP contribution in [0.1, 0.15) is 44.7 Å². The topological polar surface area (TPSA) is 41.4 Å². The van der Waals surface area contributed by atoms with Crippen molar-refractivity contribution in [2.75, 3.05) is 24.5 Å². The molecule has 1 aliphatic carbocycles. The van der Waals surface area contributed by atoms with Crippen LogP contribution in [0.4, 0.5) is 5.69 Å². The highest BCUT2D eigenvalue weighted by Crippen LogP contribution is 2.47. The number of nitrogens with zero attached hydrogens (tertiary/aromatic N) is 4. The van der Waals surface area contributed by atoms with Crippen molar-refractivity contribution in [2.24, 2.45) is 5.92 Å². The van der Waals surface area contributed by atoms with Gasteiger partial charge in [-0.15, -0.1) is 0 Å². The molecule has 26 heavy (non-hydrogen) atoms. The monoisotopic (exact) mass is 350 g/mol. The van der Waals surface area contributed by atoms with E-state index in [-0.39, 0.29) is 11.5 Å². The minimum Gasteiger partial charge on any atom is -0.356 e. The number of likely N-dealkylation sites (N-methyl/N-ethyl adjacent to an activating group) is 1. The highest BCUT2D eigenvalue weighted by atomic mass is 16.2. The SMILES string of the molecule is CCN1c2cccnc2-n2cccc2[C@@]12CCN(C(=O)C1CCCC1)C2. The first-order valence-corrected chi connectivity index (χ1v) is 9.94. The molecule has 1 atom stereocenters. The summed E-state index contributed by atoms with van der Waals surface area (Å²) in [6, 6.07) is 8.50. The molecule has 2 aliphatic heterocycles. The number of carbonyl (C=O) groups excluding carboxylic acids is 1. The fraction of sp³-hybridized carbons (Fsp3) is 0.524. The van der Waals surface area contributed by atoms with Gasteiger partial charge < -0.3 is 14.4 Å². The standard InChI is InChI=1S/C21H26N4O/c1-2-25-17-9-5-12-22-19(17)24-13-6-10-18(24)21(25)11-14-23(15-21)20(26)16-7-3-4-8-16/h5-6,9-10,12-13,16H,2-4,7-8,11,14-15H2,1H3/t21-/m0/s1. The number of amides is 1. The number of likely N-dealkylation sites (tertiary alicyclic amines) is 1. The summed E-state index contributed by atoms with van der Waals surface area (Å²) in [5.74, 6) is 1.63. The van der Waals surface area contributed by atoms with Gasteiger partial charge >= 0.3 is 0 Å². The third-order valence-corrected chi connectivity index (χ3v) is 6.61. The first-order chi connectivity index (χ1) is 12.7. The van der Waals surface area contributed by atoms with Crippen LogP contribution in [0.5, 0.6) is 0 Å². The molecule has 1 saturated carbocycles. The number of fused-ring (bicyclic) bond motifs is 4. The summed E-state index contributed by atoms with van der Waals surface area (Å²) in [4.78, 5) is 22.3. The first kappa shape index (κ1) is 15.9. The summed E-state index contributed by atoms with van der Waals surface area (Å²) in [7, 11) is 0. The minimum absolute atomic E-state index is 0.136. The van der Waals surface area contributed by atoms with Gasteiger partial charge in [-0.1, -0.05) is 12.8 Å². The molecule has 3 aliphatic rings. The van der Waals surface area contributed by atoms with E-state index in [2.05, 4.69) is 50.7 Å². The lowest BCUT2D eigenvalue weighted by Gasteiger charge is -2.46. The lowest BCUT2D eigenvalue weighted by Crippen LogP contribution is -2.53. The Bertz CT molecular complexity index is 838. The van der Waals surface area contributed by atoms with Crippen molar-refractivity contribution < 1.29 is 4.79 Å². The molecule has 1 amide bonds. The number of hydrogen-bond donors (Lipinski definition) is 0. The van der Waals surface area contributed by atoms with Gasteiger partial charge in [0.1, 0.15) is 0 Å². The molecular formula is C21H26N4O. The summed E-state index contributed by atoms with van der Waals surface area (Å²) in [5.41, 5.74) is 2.31. The van der Waals surface area contributed by atoms with E-state index in [1.807, 2.05) is 12.3 Å². The van der Waals surface area contributed by atoms with E-state index in [9.17, 15) is 4.79 Å². The van der Waals surface area contributed by atoms with Gasteiger partial charge in [-0.2, -0.15) is 0 Å². The van der Waals surface area contributed by atoms with Crippen LogP contribution < -0.4 is 4.90 Å². The summed E-state index contributed by atoms with van der Waals surface area (Å²) >= 11 is 0. The molecule has 0 unspecified atom stereocenters. The van der Waals surface area contributed by atoms with Crippen LogP contribution in [0.2, 0.25) is 0 Å². The van der Waals surface area contributed by atoms with Crippen molar-refractivity contribution >= 4 is 11.6 Å². The first-order valence-electron chi connectivity index (χ1n) is 9.94. The lowest BCUT2D eigenvalue weighted by molar-refractivity contribution is -0.134. The molecule has 5 heteroatoms. The molecule has 0 aromatic carbocycles. The van der Waals surface area contributed by atoms with Crippen LogP contribution in [0.3, 0.4) is 0 Å². The third-order valence-electron chi connectivity index (χ3n) is 6.61. The summed E-state index contributed by atoms with van der Waals surface area (Å²) in [6.45, 7) is 4.76. The molecule has 1 saturated heterocycles. The van der Waals surface area contributed by atoms with Crippen LogP contribution in [0.25, 0.3) is 5.82 Å². The van der Waals surface area contributed by atoms with Crippen LogP contribution in [0, 0.1) is 5.92 Å². The third kappa shape index (κ3) is 2.09. The van der Waals surface area contributed by atoms with Crippen LogP contribution in [-0.4, -0.2) is 40.0 Å². The number of hydrogen-bond acceptors (Lipinski definition) is 3. The molecule has 2 aromatic rings. The van der Waals surface area contributed by atoms with Crippen molar-refractivity contribution in [3.8, 4) is 5.82 Å². The predicted molar refractivity (Wildman–Crippen MR) is 101 cm³/mol. The quantitative estimate of drug-likeness (QED) is 0.834. The molecular weight excluding hydrogens is 324 g/mol. The van der Waals surface area contributed by atoms with Crippen LogP contribution in [-0.2, 0) is 10.3 Å². The molecule has 4 heterocycles. The predicted octanol–water partition coefficient (Wildman–Crippen LogP) is 3.33. The molecule has 1 spiro atoms. The van der Waals surface area contributed by atoms with Crippen molar-refractivity contribution in [3.05, 3.63) is 42.4 Å². The average molecular weight is 350 g/mol. The second kappa shape index (κ2) is 5.86. The summed E-state index contributed by atoms with van der Waals surface area (Å²) < 4.78 is 2.23. The zero-order valence-corrected chi connectivity index (χ0v) is 15.4. The van der Waals surface area contributed by atoms with E-state index in [1.165, 1.54) is 24.2 Å². The number of rotatable bonds is 2. The molecule has 0 bridgehead atoms. The molecule has 136 valence electrons. The smallest absolute Gasteiger partial charge is 0.225 e. The second-order valence-corrected chi connectivity index (χ2v) is 7.88. The zero-order chi connectivity index (χ0) is 17.7. The molecule has 2 fully saturated rings. The van der Waals surface area contributed by atoms with Crippen molar-refractivity contribution in [2.45, 2.75) is 44.6 Å². The van der Waals surface area contributed by atoms with Gasteiger partial charge in [0.25, 0.3) is 0 Å². The Morgan fingerprint density at radius 1 is 1.27 bits per heavy atom. The van der Waals surface area contributed by atoms with E-state index < -0.39 is 0 Å². The van der Waals surface area contributed by atoms with E-state index in [0.29, 0.717) is 5.91 Å². The van der Waals surface area contributed by atoms with Gasteiger partial charge in [-0.3, -0.25) is 4.79 Å².